The van der Waals surface area contributed by atoms with E-state index in [4.69, 9.17) is 18.9 Å². The van der Waals surface area contributed by atoms with Crippen molar-refractivity contribution in [2.45, 2.75) is 50.5 Å². The van der Waals surface area contributed by atoms with E-state index in [1.54, 1.807) is 13.8 Å². The van der Waals surface area contributed by atoms with Crippen molar-refractivity contribution in [1.82, 2.24) is 0 Å². The number of amides is 1. The van der Waals surface area contributed by atoms with Gasteiger partial charge in [-0.2, -0.15) is 26.3 Å². The summed E-state index contributed by atoms with van der Waals surface area (Å²) in [6.07, 6.45) is -11.0. The Balaban J connectivity index is 2.34. The first-order valence-electron chi connectivity index (χ1n) is 11.8. The van der Waals surface area contributed by atoms with Crippen LogP contribution in [0.15, 0.2) is 30.3 Å². The van der Waals surface area contributed by atoms with Crippen LogP contribution in [0.4, 0.5) is 36.8 Å². The Bertz CT molecular complexity index is 1200. The summed E-state index contributed by atoms with van der Waals surface area (Å²) in [7, 11) is 3.66. The lowest BCUT2D eigenvalue weighted by molar-refractivity contribution is -0.145. The van der Waals surface area contributed by atoms with Crippen LogP contribution in [0.25, 0.3) is 0 Å². The van der Waals surface area contributed by atoms with Gasteiger partial charge in [0.15, 0.2) is 11.5 Å². The van der Waals surface area contributed by atoms with Crippen molar-refractivity contribution in [2.75, 3.05) is 32.8 Å². The summed E-state index contributed by atoms with van der Waals surface area (Å²) >= 11 is 0. The summed E-state index contributed by atoms with van der Waals surface area (Å²) in [5.74, 6) is -3.29. The second kappa shape index (κ2) is 11.2. The Morgan fingerprint density at radius 1 is 0.923 bits per heavy atom. The Morgan fingerprint density at radius 2 is 1.46 bits per heavy atom. The zero-order valence-corrected chi connectivity index (χ0v) is 21.7. The largest absolute Gasteiger partial charge is 0.493 e. The van der Waals surface area contributed by atoms with Crippen molar-refractivity contribution in [2.24, 2.45) is 0 Å². The Hall–Kier alpha value is -3.64. The van der Waals surface area contributed by atoms with E-state index in [0.717, 1.165) is 7.11 Å². The molecule has 1 heterocycles. The fourth-order valence-electron chi connectivity index (χ4n) is 4.83. The van der Waals surface area contributed by atoms with Gasteiger partial charge in [0.1, 0.15) is 0 Å². The van der Waals surface area contributed by atoms with Gasteiger partial charge in [0.2, 0.25) is 0 Å². The Kier molecular flexibility index (Phi) is 8.61. The molecule has 214 valence electrons. The minimum Gasteiger partial charge on any atom is -0.493 e. The number of fused-ring (bicyclic) bond motifs is 1. The molecule has 0 radical (unpaired) electrons. The fourth-order valence-corrected chi connectivity index (χ4v) is 4.83. The number of anilines is 1. The molecular formula is C26H27F6NO6. The van der Waals surface area contributed by atoms with Gasteiger partial charge >= 0.3 is 24.4 Å². The van der Waals surface area contributed by atoms with Crippen LogP contribution in [0.2, 0.25) is 0 Å². The smallest absolute Gasteiger partial charge is 0.416 e. The van der Waals surface area contributed by atoms with Gasteiger partial charge in [-0.25, -0.2) is 4.79 Å². The minimum absolute atomic E-state index is 0.00827. The molecule has 1 amide bonds. The quantitative estimate of drug-likeness (QED) is 0.294. The summed E-state index contributed by atoms with van der Waals surface area (Å²) in [4.78, 5) is 27.3. The van der Waals surface area contributed by atoms with Gasteiger partial charge in [-0.3, -0.25) is 9.69 Å². The summed E-state index contributed by atoms with van der Waals surface area (Å²) in [5.41, 5.74) is -3.21. The molecule has 0 saturated heterocycles. The second-order valence-corrected chi connectivity index (χ2v) is 8.87. The van der Waals surface area contributed by atoms with E-state index in [1.807, 2.05) is 0 Å². The molecule has 3 atom stereocenters. The molecule has 13 heteroatoms. The van der Waals surface area contributed by atoms with E-state index in [2.05, 4.69) is 0 Å². The van der Waals surface area contributed by atoms with Crippen LogP contribution >= 0.6 is 0 Å². The first-order chi connectivity index (χ1) is 18.2. The average Bonchev–Trinajstić information content (AvgIpc) is 2.86. The topological polar surface area (TPSA) is 74.3 Å². The van der Waals surface area contributed by atoms with Gasteiger partial charge in [-0.15, -0.1) is 0 Å². The fraction of sp³-hybridized carbons (Fsp3) is 0.462. The minimum atomic E-state index is -5.12. The van der Waals surface area contributed by atoms with E-state index in [9.17, 15) is 35.9 Å². The van der Waals surface area contributed by atoms with Crippen molar-refractivity contribution in [1.29, 1.82) is 0 Å². The molecule has 0 aromatic heterocycles. The molecule has 0 N–H and O–H groups in total. The SMILES string of the molecule is CCOC(=O)N1c2cc(OC)c(OC)cc2C(C(C(=O)OC)c2cc(C(F)(F)F)cc(C(F)(F)F)c2)C[C@@H]1C. The van der Waals surface area contributed by atoms with Gasteiger partial charge in [-0.1, -0.05) is 0 Å². The molecule has 2 aromatic carbocycles. The van der Waals surface area contributed by atoms with Crippen LogP contribution in [0.3, 0.4) is 0 Å². The molecule has 1 aliphatic heterocycles. The first kappa shape index (κ1) is 29.9. The highest BCUT2D eigenvalue weighted by Crippen LogP contribution is 2.51. The van der Waals surface area contributed by atoms with Crippen LogP contribution < -0.4 is 14.4 Å². The molecular weight excluding hydrogens is 536 g/mol. The van der Waals surface area contributed by atoms with E-state index < -0.39 is 59.0 Å². The third-order valence-electron chi connectivity index (χ3n) is 6.52. The molecule has 3 rings (SSSR count). The molecule has 0 bridgehead atoms. The normalized spacial score (nSPS) is 18.2. The summed E-state index contributed by atoms with van der Waals surface area (Å²) in [5, 5.41) is 0. The maximum absolute atomic E-state index is 13.6. The first-order valence-corrected chi connectivity index (χ1v) is 11.8. The zero-order valence-electron chi connectivity index (χ0n) is 21.7. The Labute approximate surface area is 220 Å². The van der Waals surface area contributed by atoms with Crippen LogP contribution in [0.1, 0.15) is 54.4 Å². The van der Waals surface area contributed by atoms with Crippen molar-refractivity contribution in [3.63, 3.8) is 0 Å². The Morgan fingerprint density at radius 3 is 1.92 bits per heavy atom. The lowest BCUT2D eigenvalue weighted by Gasteiger charge is -2.41. The number of esters is 1. The molecule has 7 nitrogen and oxygen atoms in total. The molecule has 0 spiro atoms. The van der Waals surface area contributed by atoms with Crippen LogP contribution in [0.5, 0.6) is 11.5 Å². The lowest BCUT2D eigenvalue weighted by atomic mass is 9.74. The second-order valence-electron chi connectivity index (χ2n) is 8.87. The van der Waals surface area contributed by atoms with Crippen LogP contribution in [-0.2, 0) is 26.6 Å². The van der Waals surface area contributed by atoms with Crippen LogP contribution in [-0.4, -0.2) is 46.0 Å². The highest BCUT2D eigenvalue weighted by atomic mass is 19.4. The lowest BCUT2D eigenvalue weighted by Crippen LogP contribution is -2.45. The highest BCUT2D eigenvalue weighted by molar-refractivity contribution is 5.92. The van der Waals surface area contributed by atoms with Gasteiger partial charge in [0.05, 0.1) is 50.7 Å². The number of methoxy groups -OCH3 is 3. The number of benzene rings is 2. The molecule has 1 aliphatic rings. The van der Waals surface area contributed by atoms with Crippen LogP contribution in [0, 0.1) is 0 Å². The van der Waals surface area contributed by atoms with Crippen molar-refractivity contribution in [3.05, 3.63) is 52.6 Å². The third kappa shape index (κ3) is 6.01. The number of alkyl halides is 6. The number of carbonyl (C=O) groups is 2. The molecule has 2 aromatic rings. The molecule has 0 fully saturated rings. The molecule has 0 saturated carbocycles. The number of halogens is 6. The molecule has 2 unspecified atom stereocenters. The third-order valence-corrected chi connectivity index (χ3v) is 6.52. The predicted octanol–water partition coefficient (Wildman–Crippen LogP) is 6.54. The molecule has 0 aliphatic carbocycles. The number of hydrogen-bond donors (Lipinski definition) is 0. The summed E-state index contributed by atoms with van der Waals surface area (Å²) in [6, 6.07) is 3.21. The van der Waals surface area contributed by atoms with E-state index in [0.29, 0.717) is 12.1 Å². The summed E-state index contributed by atoms with van der Waals surface area (Å²) in [6.45, 7) is 3.26. The maximum Gasteiger partial charge on any atom is 0.416 e. The van der Waals surface area contributed by atoms with Gasteiger partial charge in [0, 0.05) is 18.0 Å². The van der Waals surface area contributed by atoms with E-state index >= 15 is 0 Å². The highest BCUT2D eigenvalue weighted by Gasteiger charge is 2.44. The predicted molar refractivity (Wildman–Crippen MR) is 127 cm³/mol. The monoisotopic (exact) mass is 563 g/mol. The van der Waals surface area contributed by atoms with Gasteiger partial charge < -0.3 is 18.9 Å². The number of rotatable bonds is 6. The van der Waals surface area contributed by atoms with Crippen molar-refractivity contribution in [3.8, 4) is 11.5 Å². The van der Waals surface area contributed by atoms with E-state index in [-0.39, 0.29) is 41.8 Å². The zero-order chi connectivity index (χ0) is 29.3. The van der Waals surface area contributed by atoms with Gasteiger partial charge in [-0.05, 0) is 55.7 Å². The van der Waals surface area contributed by atoms with Crippen molar-refractivity contribution >= 4 is 17.7 Å². The number of ether oxygens (including phenoxy) is 4. The number of carbonyl (C=O) groups excluding carboxylic acids is 2. The number of nitrogens with zero attached hydrogens (tertiary/aromatic N) is 1. The summed E-state index contributed by atoms with van der Waals surface area (Å²) < 4.78 is 103. The number of hydrogen-bond acceptors (Lipinski definition) is 6. The van der Waals surface area contributed by atoms with Gasteiger partial charge in [0.25, 0.3) is 0 Å². The average molecular weight is 563 g/mol. The standard InChI is InChI=1S/C26H27F6NO6/c1-6-39-24(35)33-13(2)7-18(17-11-20(36-3)21(37-4)12-19(17)33)22(23(34)38-5)14-8-15(25(27,28)29)10-16(9-14)26(30,31)32/h8-13,18,22H,6-7H2,1-5H3/t13-,18?,22?/m0/s1. The van der Waals surface area contributed by atoms with Crippen molar-refractivity contribution < 1.29 is 54.9 Å². The maximum atomic E-state index is 13.6. The van der Waals surface area contributed by atoms with E-state index in [1.165, 1.54) is 31.3 Å². The molecule has 39 heavy (non-hydrogen) atoms.